The molecule has 6 rings (SSSR count). The Morgan fingerprint density at radius 2 is 1.76 bits per heavy atom. The van der Waals surface area contributed by atoms with Crippen molar-refractivity contribution < 1.29 is 0 Å². The third kappa shape index (κ3) is 3.77. The zero-order valence-electron chi connectivity index (χ0n) is 16.4. The lowest BCUT2D eigenvalue weighted by atomic mass is 9.80. The maximum Gasteiger partial charge on any atom is 0.0556 e. The van der Waals surface area contributed by atoms with Crippen molar-refractivity contribution in [1.29, 1.82) is 0 Å². The molecule has 0 atom stereocenters. The number of allylic oxidation sites excluding steroid dienone is 4. The van der Waals surface area contributed by atoms with Gasteiger partial charge in [0.25, 0.3) is 0 Å². The van der Waals surface area contributed by atoms with Crippen LogP contribution in [0.1, 0.15) is 36.0 Å². The average Bonchev–Trinajstić information content (AvgIpc) is 2.79. The molecular weight excluding hydrogens is 374 g/mol. The second-order valence-electron chi connectivity index (χ2n) is 7.70. The fraction of sp³-hybridized carbons (Fsp3) is 0.200. The molecule has 146 valence electrons. The first kappa shape index (κ1) is 18.6. The summed E-state index contributed by atoms with van der Waals surface area (Å²) >= 11 is 1.55. The van der Waals surface area contributed by atoms with E-state index in [1.165, 1.54) is 58.1 Å². The van der Waals surface area contributed by atoms with Gasteiger partial charge in [0.2, 0.25) is 0 Å². The van der Waals surface area contributed by atoms with Crippen LogP contribution < -0.4 is 10.7 Å². The Hall–Kier alpha value is -2.37. The van der Waals surface area contributed by atoms with E-state index in [0.29, 0.717) is 0 Å². The topological polar surface area (TPSA) is 41.3 Å². The van der Waals surface area contributed by atoms with Gasteiger partial charge in [-0.15, -0.1) is 0 Å². The van der Waals surface area contributed by atoms with Gasteiger partial charge in [-0.2, -0.15) is 9.95 Å². The van der Waals surface area contributed by atoms with Gasteiger partial charge < -0.3 is 0 Å². The van der Waals surface area contributed by atoms with Crippen molar-refractivity contribution >= 4 is 28.3 Å². The molecule has 2 aliphatic carbocycles. The Balaban J connectivity index is 0.000000142. The molecule has 0 bridgehead atoms. The number of fused-ring (bicyclic) bond motifs is 5. The summed E-state index contributed by atoms with van der Waals surface area (Å²) in [5.41, 5.74) is 7.48. The minimum atomic E-state index is 0.767. The van der Waals surface area contributed by atoms with Gasteiger partial charge in [0.15, 0.2) is 0 Å². The van der Waals surface area contributed by atoms with Crippen molar-refractivity contribution in [3.05, 3.63) is 95.1 Å². The molecule has 0 spiro atoms. The van der Waals surface area contributed by atoms with Crippen LogP contribution in [0.25, 0.3) is 16.3 Å². The largest absolute Gasteiger partial charge is 0.254 e. The van der Waals surface area contributed by atoms with E-state index in [-0.39, 0.29) is 0 Å². The lowest BCUT2D eigenvalue weighted by molar-refractivity contribution is 0.241. The van der Waals surface area contributed by atoms with E-state index in [1.54, 1.807) is 28.2 Å². The molecule has 0 saturated carbocycles. The van der Waals surface area contributed by atoms with Crippen molar-refractivity contribution in [1.82, 2.24) is 9.95 Å². The van der Waals surface area contributed by atoms with E-state index in [9.17, 15) is 0 Å². The van der Waals surface area contributed by atoms with Crippen LogP contribution in [-0.4, -0.2) is 5.12 Å². The highest BCUT2D eigenvalue weighted by atomic mass is 32.2. The number of benzene rings is 3. The van der Waals surface area contributed by atoms with Crippen LogP contribution in [0.4, 0.5) is 0 Å². The second-order valence-corrected chi connectivity index (χ2v) is 8.53. The molecule has 3 nitrogen and oxygen atoms in total. The first-order valence-electron chi connectivity index (χ1n) is 10.2. The molecule has 0 saturated heterocycles. The summed E-state index contributed by atoms with van der Waals surface area (Å²) in [5.74, 6) is 5.55. The zero-order chi connectivity index (χ0) is 19.6. The molecule has 0 radical (unpaired) electrons. The van der Waals surface area contributed by atoms with Gasteiger partial charge in [-0.25, -0.2) is 0 Å². The summed E-state index contributed by atoms with van der Waals surface area (Å²) in [6, 6.07) is 21.6. The number of hydrazine groups is 2. The van der Waals surface area contributed by atoms with E-state index >= 15 is 0 Å². The van der Waals surface area contributed by atoms with Crippen molar-refractivity contribution in [3.8, 4) is 0 Å². The van der Waals surface area contributed by atoms with E-state index in [0.717, 1.165) is 6.54 Å². The van der Waals surface area contributed by atoms with Crippen LogP contribution in [0, 0.1) is 0 Å². The minimum Gasteiger partial charge on any atom is -0.254 e. The summed E-state index contributed by atoms with van der Waals surface area (Å²) in [5, 5.41) is 4.40. The van der Waals surface area contributed by atoms with Gasteiger partial charge in [0.1, 0.15) is 0 Å². The van der Waals surface area contributed by atoms with Crippen LogP contribution >= 0.6 is 11.9 Å². The van der Waals surface area contributed by atoms with Crippen LogP contribution in [0.2, 0.25) is 0 Å². The van der Waals surface area contributed by atoms with Crippen LogP contribution in [0.15, 0.2) is 83.3 Å². The number of nitrogens with two attached hydrogens (primary N) is 1. The molecule has 3 aromatic rings. The summed E-state index contributed by atoms with van der Waals surface area (Å²) in [6.07, 6.45) is 9.61. The number of hydrogen-bond acceptors (Lipinski definition) is 4. The molecule has 4 heteroatoms. The summed E-state index contributed by atoms with van der Waals surface area (Å²) in [7, 11) is 0. The lowest BCUT2D eigenvalue weighted by Crippen LogP contribution is -2.41. The number of nitrogens with zero attached hydrogens (tertiary/aromatic N) is 1. The normalized spacial score (nSPS) is 17.8. The van der Waals surface area contributed by atoms with Gasteiger partial charge in [-0.1, -0.05) is 72.3 Å². The summed E-state index contributed by atoms with van der Waals surface area (Å²) in [6.45, 7) is 0.767. The molecule has 29 heavy (non-hydrogen) atoms. The number of aryl methyl sites for hydroxylation is 1. The SMILES string of the molecule is C1=CC2=C(CC1)CCc1c2ccc2ccccc12.NN1Cc2ccccc2SN1. The maximum absolute atomic E-state index is 5.55. The standard InChI is InChI=1S/C18H16.C7H9N3S/c1-3-7-15-13(5-1)9-11-18-16-8-4-2-6-14(16)10-12-17(15)18;8-10-5-6-3-1-2-4-7(6)11-9-10/h1,3-5,7-9,11H,2,6,10,12H2;1-4,9H,5,8H2. The molecular formula is C25H25N3S. The highest BCUT2D eigenvalue weighted by Crippen LogP contribution is 2.39. The predicted molar refractivity (Wildman–Crippen MR) is 123 cm³/mol. The fourth-order valence-corrected chi connectivity index (χ4v) is 5.13. The van der Waals surface area contributed by atoms with Crippen LogP contribution in [-0.2, 0) is 13.0 Å². The Morgan fingerprint density at radius 3 is 2.72 bits per heavy atom. The number of hydrogen-bond donors (Lipinski definition) is 2. The van der Waals surface area contributed by atoms with Gasteiger partial charge in [0, 0.05) is 4.90 Å². The molecule has 1 heterocycles. The molecule has 3 aromatic carbocycles. The van der Waals surface area contributed by atoms with E-state index in [4.69, 9.17) is 5.84 Å². The molecule has 0 unspecified atom stereocenters. The van der Waals surface area contributed by atoms with E-state index in [2.05, 4.69) is 65.5 Å². The smallest absolute Gasteiger partial charge is 0.0556 e. The minimum absolute atomic E-state index is 0.767. The Bertz CT molecular complexity index is 1120. The Morgan fingerprint density at radius 1 is 0.897 bits per heavy atom. The summed E-state index contributed by atoms with van der Waals surface area (Å²) in [4.78, 5) is 4.22. The highest BCUT2D eigenvalue weighted by molar-refractivity contribution is 7.97. The molecule has 0 amide bonds. The van der Waals surface area contributed by atoms with Crippen molar-refractivity contribution in [2.45, 2.75) is 37.1 Å². The van der Waals surface area contributed by atoms with E-state index < -0.39 is 0 Å². The highest BCUT2D eigenvalue weighted by Gasteiger charge is 2.20. The second kappa shape index (κ2) is 8.17. The average molecular weight is 400 g/mol. The first-order chi connectivity index (χ1) is 14.3. The lowest BCUT2D eigenvalue weighted by Gasteiger charge is -2.25. The Labute approximate surface area is 176 Å². The molecule has 1 aliphatic heterocycles. The van der Waals surface area contributed by atoms with Gasteiger partial charge >= 0.3 is 0 Å². The van der Waals surface area contributed by atoms with Gasteiger partial charge in [-0.3, -0.25) is 5.84 Å². The third-order valence-corrected chi connectivity index (χ3v) is 6.82. The molecule has 3 N–H and O–H groups in total. The van der Waals surface area contributed by atoms with Crippen molar-refractivity contribution in [2.75, 3.05) is 0 Å². The fourth-order valence-electron chi connectivity index (χ4n) is 4.44. The maximum atomic E-state index is 5.55. The molecule has 3 aliphatic rings. The Kier molecular flexibility index (Phi) is 5.25. The van der Waals surface area contributed by atoms with Gasteiger partial charge in [-0.05, 0) is 76.7 Å². The third-order valence-electron chi connectivity index (χ3n) is 5.87. The first-order valence-corrected chi connectivity index (χ1v) is 11.0. The quantitative estimate of drug-likeness (QED) is 0.371. The number of rotatable bonds is 0. The van der Waals surface area contributed by atoms with Crippen LogP contribution in [0.3, 0.4) is 0 Å². The van der Waals surface area contributed by atoms with E-state index in [1.807, 2.05) is 12.1 Å². The molecule has 0 fully saturated rings. The van der Waals surface area contributed by atoms with Crippen LogP contribution in [0.5, 0.6) is 0 Å². The van der Waals surface area contributed by atoms with Crippen molar-refractivity contribution in [3.63, 3.8) is 0 Å². The zero-order valence-corrected chi connectivity index (χ0v) is 17.2. The summed E-state index contributed by atoms with van der Waals surface area (Å²) < 4.78 is 0. The predicted octanol–water partition coefficient (Wildman–Crippen LogP) is 5.78. The van der Waals surface area contributed by atoms with Gasteiger partial charge in [0.05, 0.1) is 6.54 Å². The molecule has 0 aromatic heterocycles. The number of nitrogens with one attached hydrogen (secondary N) is 1. The monoisotopic (exact) mass is 399 g/mol. The van der Waals surface area contributed by atoms with Crippen molar-refractivity contribution in [2.24, 2.45) is 5.84 Å².